The van der Waals surface area contributed by atoms with E-state index in [1.54, 1.807) is 16.2 Å². The first kappa shape index (κ1) is 14.3. The molecule has 0 saturated carbocycles. The zero-order valence-electron chi connectivity index (χ0n) is 12.2. The highest BCUT2D eigenvalue weighted by Crippen LogP contribution is 2.23. The average Bonchev–Trinajstić information content (AvgIpc) is 2.92. The van der Waals surface area contributed by atoms with Gasteiger partial charge in [0.25, 0.3) is 0 Å². The van der Waals surface area contributed by atoms with Gasteiger partial charge in [0.2, 0.25) is 11.8 Å². The van der Waals surface area contributed by atoms with Crippen LogP contribution in [-0.2, 0) is 16.1 Å². The van der Waals surface area contributed by atoms with Gasteiger partial charge >= 0.3 is 0 Å². The summed E-state index contributed by atoms with van der Waals surface area (Å²) < 4.78 is 0. The van der Waals surface area contributed by atoms with Crippen LogP contribution < -0.4 is 10.2 Å². The van der Waals surface area contributed by atoms with E-state index >= 15 is 0 Å². The molecule has 21 heavy (non-hydrogen) atoms. The molecule has 114 valence electrons. The predicted molar refractivity (Wildman–Crippen MR) is 80.2 cm³/mol. The predicted octanol–water partition coefficient (Wildman–Crippen LogP) is -0.648. The Kier molecular flexibility index (Phi) is 3.81. The molecule has 0 radical (unpaired) electrons. The summed E-state index contributed by atoms with van der Waals surface area (Å²) in [6.45, 7) is 2.92. The lowest BCUT2D eigenvalue weighted by Gasteiger charge is -2.42. The van der Waals surface area contributed by atoms with Crippen LogP contribution in [0.25, 0.3) is 0 Å². The Hall–Kier alpha value is -1.67. The van der Waals surface area contributed by atoms with Crippen molar-refractivity contribution in [3.05, 3.63) is 11.1 Å². The summed E-state index contributed by atoms with van der Waals surface area (Å²) in [6.07, 6.45) is 1.89. The van der Waals surface area contributed by atoms with Gasteiger partial charge in [0, 0.05) is 51.3 Å². The van der Waals surface area contributed by atoms with Crippen molar-refractivity contribution >= 4 is 28.3 Å². The highest BCUT2D eigenvalue weighted by Gasteiger charge is 2.38. The average molecular weight is 309 g/mol. The number of hydrogen-bond acceptors (Lipinski definition) is 6. The summed E-state index contributed by atoms with van der Waals surface area (Å²) in [5.74, 6) is -0.0236. The van der Waals surface area contributed by atoms with Crippen LogP contribution in [0.1, 0.15) is 4.88 Å². The van der Waals surface area contributed by atoms with Gasteiger partial charge in [-0.25, -0.2) is 4.98 Å². The van der Waals surface area contributed by atoms with Gasteiger partial charge in [-0.2, -0.15) is 0 Å². The lowest BCUT2D eigenvalue weighted by molar-refractivity contribution is -0.149. The maximum Gasteiger partial charge on any atom is 0.244 e. The minimum atomic E-state index is -0.346. The number of amides is 2. The standard InChI is InChI=1S/C13H19N5O2S/c1-16(2)13-15-5-9(21-13)7-17-3-4-18-10(8-17)12(20)14-6-11(18)19/h5,10H,3-4,6-8H2,1-2H3,(H,14,20). The number of fused-ring (bicyclic) bond motifs is 1. The number of piperazine rings is 2. The number of nitrogens with one attached hydrogen (secondary N) is 1. The number of hydrogen-bond donors (Lipinski definition) is 1. The molecule has 2 amide bonds. The van der Waals surface area contributed by atoms with Crippen molar-refractivity contribution in [2.45, 2.75) is 12.6 Å². The number of aromatic nitrogens is 1. The Labute approximate surface area is 127 Å². The fraction of sp³-hybridized carbons (Fsp3) is 0.615. The van der Waals surface area contributed by atoms with Gasteiger partial charge in [0.1, 0.15) is 6.04 Å². The van der Waals surface area contributed by atoms with Crippen molar-refractivity contribution in [3.8, 4) is 0 Å². The SMILES string of the molecule is CN(C)c1ncc(CN2CCN3C(=O)CNC(=O)C3C2)s1. The molecule has 0 aromatic carbocycles. The van der Waals surface area contributed by atoms with E-state index in [0.717, 1.165) is 18.2 Å². The van der Waals surface area contributed by atoms with E-state index in [2.05, 4.69) is 15.2 Å². The number of carbonyl (C=O) groups is 2. The molecule has 1 aromatic heterocycles. The third-order valence-corrected chi connectivity index (χ3v) is 4.95. The molecule has 3 rings (SSSR count). The van der Waals surface area contributed by atoms with E-state index in [1.807, 2.05) is 25.2 Å². The minimum absolute atomic E-state index is 0.0203. The molecule has 1 atom stereocenters. The largest absolute Gasteiger partial charge is 0.354 e. The fourth-order valence-electron chi connectivity index (χ4n) is 2.69. The fourth-order valence-corrected chi connectivity index (χ4v) is 3.56. The first-order valence-electron chi connectivity index (χ1n) is 6.96. The Morgan fingerprint density at radius 2 is 2.24 bits per heavy atom. The lowest BCUT2D eigenvalue weighted by Crippen LogP contribution is -2.65. The van der Waals surface area contributed by atoms with Crippen LogP contribution in [0.5, 0.6) is 0 Å². The summed E-state index contributed by atoms with van der Waals surface area (Å²) in [4.78, 5) is 35.2. The van der Waals surface area contributed by atoms with Crippen LogP contribution in [0.3, 0.4) is 0 Å². The quantitative estimate of drug-likeness (QED) is 0.804. The molecule has 8 heteroatoms. The maximum atomic E-state index is 11.9. The number of anilines is 1. The second kappa shape index (κ2) is 5.61. The highest BCUT2D eigenvalue weighted by atomic mass is 32.1. The van der Waals surface area contributed by atoms with Crippen LogP contribution in [0.4, 0.5) is 5.13 Å². The zero-order chi connectivity index (χ0) is 15.0. The molecule has 2 aliphatic rings. The lowest BCUT2D eigenvalue weighted by atomic mass is 10.1. The van der Waals surface area contributed by atoms with E-state index in [0.29, 0.717) is 13.1 Å². The molecule has 1 N–H and O–H groups in total. The van der Waals surface area contributed by atoms with E-state index in [4.69, 9.17) is 0 Å². The number of thiazole rings is 1. The molecule has 3 heterocycles. The molecule has 0 aliphatic carbocycles. The topological polar surface area (TPSA) is 68.8 Å². The van der Waals surface area contributed by atoms with Crippen LogP contribution in [0.15, 0.2) is 6.20 Å². The van der Waals surface area contributed by atoms with Crippen LogP contribution in [-0.4, -0.2) is 72.9 Å². The third-order valence-electron chi connectivity index (χ3n) is 3.80. The van der Waals surface area contributed by atoms with Gasteiger partial charge < -0.3 is 15.1 Å². The van der Waals surface area contributed by atoms with Gasteiger partial charge in [0.05, 0.1) is 6.54 Å². The van der Waals surface area contributed by atoms with Crippen molar-refractivity contribution in [3.63, 3.8) is 0 Å². The molecule has 1 aromatic rings. The number of nitrogens with zero attached hydrogens (tertiary/aromatic N) is 4. The van der Waals surface area contributed by atoms with Crippen molar-refractivity contribution in [2.24, 2.45) is 0 Å². The van der Waals surface area contributed by atoms with Crippen LogP contribution in [0.2, 0.25) is 0 Å². The molecule has 7 nitrogen and oxygen atoms in total. The monoisotopic (exact) mass is 309 g/mol. The number of carbonyl (C=O) groups excluding carboxylic acids is 2. The molecule has 0 spiro atoms. The van der Waals surface area contributed by atoms with Crippen molar-refractivity contribution in [2.75, 3.05) is 45.2 Å². The molecule has 2 saturated heterocycles. The maximum absolute atomic E-state index is 11.9. The van der Waals surface area contributed by atoms with Crippen molar-refractivity contribution in [1.82, 2.24) is 20.1 Å². The highest BCUT2D eigenvalue weighted by molar-refractivity contribution is 7.15. The summed E-state index contributed by atoms with van der Waals surface area (Å²) in [5, 5.41) is 3.64. The Bertz CT molecular complexity index is 559. The second-order valence-corrected chi connectivity index (χ2v) is 6.65. The minimum Gasteiger partial charge on any atom is -0.354 e. The smallest absolute Gasteiger partial charge is 0.244 e. The normalized spacial score (nSPS) is 23.0. The van der Waals surface area contributed by atoms with E-state index in [9.17, 15) is 9.59 Å². The summed E-state index contributed by atoms with van der Waals surface area (Å²) in [6, 6.07) is -0.346. The summed E-state index contributed by atoms with van der Waals surface area (Å²) in [5.41, 5.74) is 0. The Morgan fingerprint density at radius 3 is 2.95 bits per heavy atom. The molecule has 1 unspecified atom stereocenters. The number of rotatable bonds is 3. The van der Waals surface area contributed by atoms with Crippen molar-refractivity contribution in [1.29, 1.82) is 0 Å². The van der Waals surface area contributed by atoms with Gasteiger partial charge in [-0.05, 0) is 0 Å². The first-order valence-corrected chi connectivity index (χ1v) is 7.78. The van der Waals surface area contributed by atoms with Gasteiger partial charge in [-0.1, -0.05) is 0 Å². The zero-order valence-corrected chi connectivity index (χ0v) is 13.0. The van der Waals surface area contributed by atoms with E-state index < -0.39 is 0 Å². The second-order valence-electron chi connectivity index (χ2n) is 5.56. The molecule has 0 bridgehead atoms. The third kappa shape index (κ3) is 2.86. The van der Waals surface area contributed by atoms with Gasteiger partial charge in [-0.3, -0.25) is 14.5 Å². The molecular weight excluding hydrogens is 290 g/mol. The van der Waals surface area contributed by atoms with Crippen LogP contribution in [0, 0.1) is 0 Å². The Balaban J connectivity index is 1.65. The summed E-state index contributed by atoms with van der Waals surface area (Å²) >= 11 is 1.66. The summed E-state index contributed by atoms with van der Waals surface area (Å²) in [7, 11) is 3.94. The van der Waals surface area contributed by atoms with Gasteiger partial charge in [-0.15, -0.1) is 11.3 Å². The molecule has 2 fully saturated rings. The Morgan fingerprint density at radius 1 is 1.43 bits per heavy atom. The van der Waals surface area contributed by atoms with Crippen molar-refractivity contribution < 1.29 is 9.59 Å². The van der Waals surface area contributed by atoms with E-state index in [-0.39, 0.29) is 24.4 Å². The molecular formula is C13H19N5O2S. The first-order chi connectivity index (χ1) is 10.0. The molecule has 2 aliphatic heterocycles. The van der Waals surface area contributed by atoms with Crippen LogP contribution >= 0.6 is 11.3 Å². The van der Waals surface area contributed by atoms with E-state index in [1.165, 1.54) is 4.88 Å². The van der Waals surface area contributed by atoms with Gasteiger partial charge in [0.15, 0.2) is 5.13 Å².